The summed E-state index contributed by atoms with van der Waals surface area (Å²) in [7, 11) is 0. The summed E-state index contributed by atoms with van der Waals surface area (Å²) in [6.07, 6.45) is 2.89. The molecule has 0 aliphatic carbocycles. The molecule has 0 bridgehead atoms. The van der Waals surface area contributed by atoms with Gasteiger partial charge in [-0.25, -0.2) is 4.98 Å². The quantitative estimate of drug-likeness (QED) is 0.730. The number of rotatable bonds is 2. The van der Waals surface area contributed by atoms with E-state index in [1.807, 2.05) is 6.92 Å². The van der Waals surface area contributed by atoms with E-state index in [-0.39, 0.29) is 11.1 Å². The molecule has 0 atom stereocenters. The molecular formula is C12H12N4O2. The molecule has 0 aromatic carbocycles. The molecule has 0 saturated carbocycles. The first kappa shape index (κ1) is 11.8. The van der Waals surface area contributed by atoms with Crippen LogP contribution in [0.2, 0.25) is 0 Å². The summed E-state index contributed by atoms with van der Waals surface area (Å²) in [5.41, 5.74) is 6.96. The molecule has 6 nitrogen and oxygen atoms in total. The smallest absolute Gasteiger partial charge is 0.257 e. The van der Waals surface area contributed by atoms with Crippen LogP contribution in [0.25, 0.3) is 0 Å². The Labute approximate surface area is 103 Å². The maximum atomic E-state index is 11.8. The Hall–Kier alpha value is -2.63. The number of nitrogens with zero attached hydrogens (tertiary/aromatic N) is 1. The van der Waals surface area contributed by atoms with Crippen LogP contribution in [-0.2, 0) is 0 Å². The molecule has 0 fully saturated rings. The van der Waals surface area contributed by atoms with Crippen LogP contribution in [0.4, 0.5) is 11.5 Å². The average Bonchev–Trinajstić information content (AvgIpc) is 2.34. The molecule has 1 amide bonds. The van der Waals surface area contributed by atoms with Gasteiger partial charge >= 0.3 is 0 Å². The van der Waals surface area contributed by atoms with E-state index in [0.29, 0.717) is 11.5 Å². The molecule has 0 unspecified atom stereocenters. The van der Waals surface area contributed by atoms with Crippen LogP contribution in [0, 0.1) is 6.92 Å². The lowest BCUT2D eigenvalue weighted by atomic mass is 10.2. The number of aryl methyl sites for hydroxylation is 1. The third kappa shape index (κ3) is 2.54. The van der Waals surface area contributed by atoms with E-state index >= 15 is 0 Å². The molecule has 6 heteroatoms. The Morgan fingerprint density at radius 3 is 2.89 bits per heavy atom. The molecule has 0 aliphatic rings. The number of pyridine rings is 2. The molecule has 2 aromatic heterocycles. The van der Waals surface area contributed by atoms with Gasteiger partial charge in [-0.2, -0.15) is 0 Å². The number of anilines is 2. The van der Waals surface area contributed by atoms with Crippen LogP contribution in [0.3, 0.4) is 0 Å². The average molecular weight is 244 g/mol. The predicted molar refractivity (Wildman–Crippen MR) is 68.4 cm³/mol. The highest BCUT2D eigenvalue weighted by atomic mass is 16.2. The number of H-pyrrole nitrogens is 1. The summed E-state index contributed by atoms with van der Waals surface area (Å²) in [5.74, 6) is 0.00440. The summed E-state index contributed by atoms with van der Waals surface area (Å²) in [4.78, 5) is 29.3. The van der Waals surface area contributed by atoms with Crippen molar-refractivity contribution in [3.8, 4) is 0 Å². The molecule has 0 saturated heterocycles. The molecule has 2 aromatic rings. The number of hydrogen-bond acceptors (Lipinski definition) is 4. The Kier molecular flexibility index (Phi) is 3.09. The third-order valence-electron chi connectivity index (χ3n) is 2.43. The summed E-state index contributed by atoms with van der Waals surface area (Å²) >= 11 is 0. The Balaban J connectivity index is 2.21. The number of carbonyl (C=O) groups is 1. The van der Waals surface area contributed by atoms with Crippen LogP contribution in [0.1, 0.15) is 15.9 Å². The standard InChI is InChI=1S/C12H12N4O2/c1-7-4-10(15-6-9(7)13)16-12(18)8-2-3-14-11(17)5-8/h2-6H,13H2,1H3,(H,14,17)(H,15,16,18). The first-order valence-corrected chi connectivity index (χ1v) is 5.28. The van der Waals surface area contributed by atoms with Gasteiger partial charge in [-0.05, 0) is 24.6 Å². The number of nitrogens with two attached hydrogens (primary N) is 1. The minimum absolute atomic E-state index is 0.273. The van der Waals surface area contributed by atoms with Crippen molar-refractivity contribution in [2.24, 2.45) is 0 Å². The summed E-state index contributed by atoms with van der Waals surface area (Å²) < 4.78 is 0. The fraction of sp³-hybridized carbons (Fsp3) is 0.0833. The van der Waals surface area contributed by atoms with Crippen molar-refractivity contribution in [3.63, 3.8) is 0 Å². The predicted octanol–water partition coefficient (Wildman–Crippen LogP) is 0.913. The van der Waals surface area contributed by atoms with E-state index in [9.17, 15) is 9.59 Å². The highest BCUT2D eigenvalue weighted by Gasteiger charge is 2.07. The summed E-state index contributed by atoms with van der Waals surface area (Å²) in [5, 5.41) is 2.60. The van der Waals surface area contributed by atoms with Crippen molar-refractivity contribution in [2.45, 2.75) is 6.92 Å². The van der Waals surface area contributed by atoms with Crippen molar-refractivity contribution in [1.82, 2.24) is 9.97 Å². The first-order valence-electron chi connectivity index (χ1n) is 5.28. The second-order valence-electron chi connectivity index (χ2n) is 3.82. The molecule has 18 heavy (non-hydrogen) atoms. The lowest BCUT2D eigenvalue weighted by Gasteiger charge is -2.06. The van der Waals surface area contributed by atoms with E-state index in [1.165, 1.54) is 24.5 Å². The number of aromatic amines is 1. The summed E-state index contributed by atoms with van der Waals surface area (Å²) in [6, 6.07) is 4.40. The lowest BCUT2D eigenvalue weighted by Crippen LogP contribution is -2.16. The number of amides is 1. The largest absolute Gasteiger partial charge is 0.397 e. The van der Waals surface area contributed by atoms with Crippen LogP contribution < -0.4 is 16.6 Å². The zero-order chi connectivity index (χ0) is 13.1. The minimum atomic E-state index is -0.391. The zero-order valence-corrected chi connectivity index (χ0v) is 9.73. The van der Waals surface area contributed by atoms with Gasteiger partial charge in [0.1, 0.15) is 5.82 Å². The second-order valence-corrected chi connectivity index (χ2v) is 3.82. The molecule has 4 N–H and O–H groups in total. The molecule has 92 valence electrons. The molecule has 0 aliphatic heterocycles. The fourth-order valence-corrected chi connectivity index (χ4v) is 1.41. The van der Waals surface area contributed by atoms with Gasteiger partial charge in [-0.3, -0.25) is 9.59 Å². The maximum absolute atomic E-state index is 11.8. The van der Waals surface area contributed by atoms with Gasteiger partial charge in [-0.1, -0.05) is 0 Å². The van der Waals surface area contributed by atoms with E-state index in [2.05, 4.69) is 15.3 Å². The number of hydrogen-bond donors (Lipinski definition) is 3. The van der Waals surface area contributed by atoms with Gasteiger partial charge in [0, 0.05) is 17.8 Å². The van der Waals surface area contributed by atoms with E-state index in [0.717, 1.165) is 5.56 Å². The third-order valence-corrected chi connectivity index (χ3v) is 2.43. The Morgan fingerprint density at radius 1 is 1.44 bits per heavy atom. The van der Waals surface area contributed by atoms with Gasteiger partial charge in [0.25, 0.3) is 5.91 Å². The lowest BCUT2D eigenvalue weighted by molar-refractivity contribution is 0.102. The molecular weight excluding hydrogens is 232 g/mol. The van der Waals surface area contributed by atoms with E-state index < -0.39 is 5.91 Å². The monoisotopic (exact) mass is 244 g/mol. The highest BCUT2D eigenvalue weighted by molar-refractivity contribution is 6.03. The molecule has 0 spiro atoms. The molecule has 0 radical (unpaired) electrons. The van der Waals surface area contributed by atoms with Crippen molar-refractivity contribution in [3.05, 3.63) is 52.1 Å². The van der Waals surface area contributed by atoms with Crippen LogP contribution in [0.15, 0.2) is 35.4 Å². The number of carbonyl (C=O) groups excluding carboxylic acids is 1. The zero-order valence-electron chi connectivity index (χ0n) is 9.73. The van der Waals surface area contributed by atoms with Crippen LogP contribution in [-0.4, -0.2) is 15.9 Å². The normalized spacial score (nSPS) is 10.1. The van der Waals surface area contributed by atoms with Gasteiger partial charge < -0.3 is 16.0 Å². The Bertz CT molecular complexity index is 649. The van der Waals surface area contributed by atoms with Gasteiger partial charge in [0.2, 0.25) is 5.56 Å². The number of nitrogens with one attached hydrogen (secondary N) is 2. The van der Waals surface area contributed by atoms with E-state index in [4.69, 9.17) is 5.73 Å². The second kappa shape index (κ2) is 4.70. The van der Waals surface area contributed by atoms with E-state index in [1.54, 1.807) is 6.07 Å². The van der Waals surface area contributed by atoms with Crippen molar-refractivity contribution in [2.75, 3.05) is 11.1 Å². The minimum Gasteiger partial charge on any atom is -0.397 e. The Morgan fingerprint density at radius 2 is 2.22 bits per heavy atom. The van der Waals surface area contributed by atoms with Crippen LogP contribution >= 0.6 is 0 Å². The number of nitrogen functional groups attached to an aromatic ring is 1. The van der Waals surface area contributed by atoms with Gasteiger partial charge in [0.05, 0.1) is 11.9 Å². The van der Waals surface area contributed by atoms with Crippen molar-refractivity contribution < 1.29 is 4.79 Å². The maximum Gasteiger partial charge on any atom is 0.257 e. The van der Waals surface area contributed by atoms with Crippen molar-refractivity contribution >= 4 is 17.4 Å². The molecule has 2 rings (SSSR count). The van der Waals surface area contributed by atoms with Gasteiger partial charge in [0.15, 0.2) is 0 Å². The fourth-order valence-electron chi connectivity index (χ4n) is 1.41. The summed E-state index contributed by atoms with van der Waals surface area (Å²) in [6.45, 7) is 1.82. The SMILES string of the molecule is Cc1cc(NC(=O)c2cc[nH]c(=O)c2)ncc1N. The first-order chi connectivity index (χ1) is 8.56. The van der Waals surface area contributed by atoms with Gasteiger partial charge in [-0.15, -0.1) is 0 Å². The van der Waals surface area contributed by atoms with Crippen molar-refractivity contribution in [1.29, 1.82) is 0 Å². The topological polar surface area (TPSA) is 101 Å². The number of aromatic nitrogens is 2. The molecule has 2 heterocycles. The highest BCUT2D eigenvalue weighted by Crippen LogP contribution is 2.13. The van der Waals surface area contributed by atoms with Crippen LogP contribution in [0.5, 0.6) is 0 Å².